The van der Waals surface area contributed by atoms with Crippen molar-refractivity contribution in [2.75, 3.05) is 25.1 Å². The summed E-state index contributed by atoms with van der Waals surface area (Å²) in [5.41, 5.74) is 3.10. The molecule has 0 saturated heterocycles. The predicted molar refractivity (Wildman–Crippen MR) is 117 cm³/mol. The van der Waals surface area contributed by atoms with Crippen LogP contribution >= 0.6 is 0 Å². The molecule has 6 nitrogen and oxygen atoms in total. The van der Waals surface area contributed by atoms with Gasteiger partial charge in [0.05, 0.1) is 13.0 Å². The van der Waals surface area contributed by atoms with E-state index < -0.39 is 0 Å². The van der Waals surface area contributed by atoms with Gasteiger partial charge in [0.2, 0.25) is 11.8 Å². The zero-order valence-electron chi connectivity index (χ0n) is 17.3. The smallest absolute Gasteiger partial charge is 0.244 e. The molecule has 1 aliphatic heterocycles. The maximum Gasteiger partial charge on any atom is 0.244 e. The molecule has 30 heavy (non-hydrogen) atoms. The summed E-state index contributed by atoms with van der Waals surface area (Å²) in [6.45, 7) is 2.89. The van der Waals surface area contributed by atoms with Gasteiger partial charge in [0.25, 0.3) is 0 Å². The second-order valence-corrected chi connectivity index (χ2v) is 7.16. The number of fused-ring (bicyclic) bond motifs is 1. The number of ether oxygens (including phenoxy) is 1. The predicted octanol–water partition coefficient (Wildman–Crippen LogP) is 3.40. The Morgan fingerprint density at radius 2 is 2.00 bits per heavy atom. The molecular weight excluding hydrogens is 380 g/mol. The first kappa shape index (κ1) is 21.3. The van der Waals surface area contributed by atoms with Gasteiger partial charge in [0, 0.05) is 42.9 Å². The van der Waals surface area contributed by atoms with Gasteiger partial charge < -0.3 is 15.0 Å². The lowest BCUT2D eigenvalue weighted by Crippen LogP contribution is -2.24. The van der Waals surface area contributed by atoms with E-state index in [2.05, 4.69) is 5.32 Å². The molecule has 0 aromatic heterocycles. The summed E-state index contributed by atoms with van der Waals surface area (Å²) >= 11 is 0. The van der Waals surface area contributed by atoms with E-state index in [1.807, 2.05) is 31.2 Å². The lowest BCUT2D eigenvalue weighted by Gasteiger charge is -2.10. The highest BCUT2D eigenvalue weighted by atomic mass is 16.5. The minimum absolute atomic E-state index is 0.0234. The van der Waals surface area contributed by atoms with Crippen LogP contribution in [0.3, 0.4) is 0 Å². The molecule has 0 unspecified atom stereocenters. The Bertz CT molecular complexity index is 981. The number of anilines is 1. The highest BCUT2D eigenvalue weighted by Gasteiger charge is 2.24. The third-order valence-corrected chi connectivity index (χ3v) is 4.92. The van der Waals surface area contributed by atoms with Gasteiger partial charge >= 0.3 is 0 Å². The molecule has 0 spiro atoms. The first-order valence-corrected chi connectivity index (χ1v) is 10.1. The Balaban J connectivity index is 1.50. The summed E-state index contributed by atoms with van der Waals surface area (Å²) in [6, 6.07) is 12.8. The minimum atomic E-state index is -0.269. The lowest BCUT2D eigenvalue weighted by molar-refractivity contribution is -0.117. The van der Waals surface area contributed by atoms with Crippen LogP contribution in [-0.4, -0.2) is 37.8 Å². The van der Waals surface area contributed by atoms with E-state index >= 15 is 0 Å². The number of benzene rings is 2. The summed E-state index contributed by atoms with van der Waals surface area (Å²) in [6.07, 6.45) is 4.56. The molecule has 6 heteroatoms. The topological polar surface area (TPSA) is 75.7 Å². The molecule has 2 aromatic rings. The molecule has 1 heterocycles. The zero-order chi connectivity index (χ0) is 21.5. The number of amides is 2. The van der Waals surface area contributed by atoms with Crippen molar-refractivity contribution in [3.8, 4) is 5.75 Å². The van der Waals surface area contributed by atoms with E-state index in [0.717, 1.165) is 29.0 Å². The van der Waals surface area contributed by atoms with Crippen molar-refractivity contribution in [2.45, 2.75) is 26.2 Å². The fourth-order valence-electron chi connectivity index (χ4n) is 3.27. The first-order chi connectivity index (χ1) is 14.5. The number of hydrogen-bond donors (Lipinski definition) is 1. The molecule has 2 aromatic carbocycles. The van der Waals surface area contributed by atoms with E-state index in [0.29, 0.717) is 18.6 Å². The molecule has 156 valence electrons. The molecule has 2 amide bonds. The summed E-state index contributed by atoms with van der Waals surface area (Å²) in [4.78, 5) is 37.9. The average molecular weight is 406 g/mol. The van der Waals surface area contributed by atoms with Crippen molar-refractivity contribution in [2.24, 2.45) is 0 Å². The quantitative estimate of drug-likeness (QED) is 0.512. The van der Waals surface area contributed by atoms with Crippen molar-refractivity contribution in [3.63, 3.8) is 0 Å². The number of carbonyl (C=O) groups excluding carboxylic acids is 3. The molecule has 1 N–H and O–H groups in total. The Kier molecular flexibility index (Phi) is 7.01. The van der Waals surface area contributed by atoms with Crippen molar-refractivity contribution in [1.29, 1.82) is 0 Å². The summed E-state index contributed by atoms with van der Waals surface area (Å²) in [5, 5.41) is 2.73. The number of nitrogens with zero attached hydrogens (tertiary/aromatic N) is 1. The number of rotatable bonds is 9. The largest absolute Gasteiger partial charge is 0.493 e. The van der Waals surface area contributed by atoms with E-state index in [9.17, 15) is 14.4 Å². The molecule has 0 radical (unpaired) electrons. The zero-order valence-corrected chi connectivity index (χ0v) is 17.3. The van der Waals surface area contributed by atoms with Crippen LogP contribution in [0.1, 0.15) is 41.3 Å². The fraction of sp³-hybridized carbons (Fsp3) is 0.292. The highest BCUT2D eigenvalue weighted by Crippen LogP contribution is 2.28. The molecular formula is C24H26N2O4. The van der Waals surface area contributed by atoms with Crippen LogP contribution in [0.4, 0.5) is 5.69 Å². The van der Waals surface area contributed by atoms with Gasteiger partial charge in [-0.05, 0) is 42.3 Å². The van der Waals surface area contributed by atoms with Gasteiger partial charge in [-0.15, -0.1) is 0 Å². The highest BCUT2D eigenvalue weighted by molar-refractivity contribution is 6.03. The minimum Gasteiger partial charge on any atom is -0.493 e. The average Bonchev–Trinajstić information content (AvgIpc) is 3.04. The summed E-state index contributed by atoms with van der Waals surface area (Å²) in [7, 11) is 1.73. The summed E-state index contributed by atoms with van der Waals surface area (Å²) in [5.74, 6) is 0.422. The number of Topliss-reactive ketones (excluding diaryl/α,β-unsaturated/α-hetero) is 1. The Hall–Kier alpha value is -3.41. The van der Waals surface area contributed by atoms with Crippen molar-refractivity contribution in [1.82, 2.24) is 5.32 Å². The van der Waals surface area contributed by atoms with Gasteiger partial charge in [0.15, 0.2) is 5.78 Å². The number of carbonyl (C=O) groups is 3. The SMILES string of the molecule is CCCOc1ccccc1/C=C/C(=O)NCCC(=O)c1ccc2c(c1)CC(=O)N2C. The Morgan fingerprint density at radius 3 is 2.80 bits per heavy atom. The van der Waals surface area contributed by atoms with E-state index in [1.165, 1.54) is 6.08 Å². The monoisotopic (exact) mass is 406 g/mol. The van der Waals surface area contributed by atoms with Crippen LogP contribution in [0.15, 0.2) is 48.5 Å². The maximum absolute atomic E-state index is 12.4. The van der Waals surface area contributed by atoms with Gasteiger partial charge in [0.1, 0.15) is 5.75 Å². The van der Waals surface area contributed by atoms with Crippen molar-refractivity contribution in [3.05, 3.63) is 65.2 Å². The van der Waals surface area contributed by atoms with E-state index in [1.54, 1.807) is 36.2 Å². The maximum atomic E-state index is 12.4. The van der Waals surface area contributed by atoms with Crippen LogP contribution in [0.5, 0.6) is 5.75 Å². The third-order valence-electron chi connectivity index (χ3n) is 4.92. The van der Waals surface area contributed by atoms with E-state index in [4.69, 9.17) is 4.74 Å². The van der Waals surface area contributed by atoms with E-state index in [-0.39, 0.29) is 30.6 Å². The normalized spacial score (nSPS) is 12.9. The van der Waals surface area contributed by atoms with Gasteiger partial charge in [-0.2, -0.15) is 0 Å². The Morgan fingerprint density at radius 1 is 1.20 bits per heavy atom. The summed E-state index contributed by atoms with van der Waals surface area (Å²) < 4.78 is 5.67. The van der Waals surface area contributed by atoms with Crippen LogP contribution in [0.2, 0.25) is 0 Å². The molecule has 3 rings (SSSR count). The number of likely N-dealkylation sites (N-methyl/N-ethyl adjacent to an activating group) is 1. The van der Waals surface area contributed by atoms with Gasteiger partial charge in [-0.3, -0.25) is 14.4 Å². The van der Waals surface area contributed by atoms with Crippen LogP contribution in [0, 0.1) is 0 Å². The molecule has 0 aliphatic carbocycles. The molecule has 1 aliphatic rings. The molecule has 0 bridgehead atoms. The second kappa shape index (κ2) is 9.87. The number of ketones is 1. The Labute approximate surface area is 176 Å². The van der Waals surface area contributed by atoms with Crippen LogP contribution in [-0.2, 0) is 16.0 Å². The molecule has 0 fully saturated rings. The second-order valence-electron chi connectivity index (χ2n) is 7.16. The lowest BCUT2D eigenvalue weighted by atomic mass is 10.0. The van der Waals surface area contributed by atoms with Gasteiger partial charge in [-0.1, -0.05) is 25.1 Å². The number of para-hydroxylation sites is 1. The van der Waals surface area contributed by atoms with Gasteiger partial charge in [-0.25, -0.2) is 0 Å². The van der Waals surface area contributed by atoms with Crippen molar-refractivity contribution < 1.29 is 19.1 Å². The molecule has 0 saturated carbocycles. The van der Waals surface area contributed by atoms with Crippen molar-refractivity contribution >= 4 is 29.4 Å². The number of nitrogens with one attached hydrogen (secondary N) is 1. The standard InChI is InChI=1S/C24H26N2O4/c1-3-14-30-22-7-5-4-6-17(22)9-11-23(28)25-13-12-21(27)18-8-10-20-19(15-18)16-24(29)26(20)2/h4-11,15H,3,12-14,16H2,1-2H3,(H,25,28)/b11-9+. The third kappa shape index (κ3) is 5.14. The molecule has 0 atom stereocenters. The first-order valence-electron chi connectivity index (χ1n) is 10.1. The number of hydrogen-bond acceptors (Lipinski definition) is 4. The van der Waals surface area contributed by atoms with Crippen LogP contribution in [0.25, 0.3) is 6.08 Å². The fourth-order valence-corrected chi connectivity index (χ4v) is 3.27. The van der Waals surface area contributed by atoms with Crippen LogP contribution < -0.4 is 15.0 Å².